The maximum atomic E-state index is 12.9. The van der Waals surface area contributed by atoms with Crippen molar-refractivity contribution in [2.45, 2.75) is 31.1 Å². The van der Waals surface area contributed by atoms with Gasteiger partial charge in [-0.15, -0.1) is 0 Å². The van der Waals surface area contributed by atoms with Gasteiger partial charge in [-0.25, -0.2) is 18.5 Å². The van der Waals surface area contributed by atoms with Crippen molar-refractivity contribution in [3.8, 4) is 0 Å². The number of rotatable bonds is 4. The molecule has 28 heavy (non-hydrogen) atoms. The van der Waals surface area contributed by atoms with Gasteiger partial charge in [0.25, 0.3) is 0 Å². The second kappa shape index (κ2) is 8.81. The van der Waals surface area contributed by atoms with Gasteiger partial charge < -0.3 is 5.11 Å². The molecule has 2 aromatic carbocycles. The number of hydrogen-bond acceptors (Lipinski definition) is 3. The van der Waals surface area contributed by atoms with Crippen LogP contribution in [0.5, 0.6) is 0 Å². The summed E-state index contributed by atoms with van der Waals surface area (Å²) in [4.78, 5) is 23.1. The van der Waals surface area contributed by atoms with Crippen LogP contribution in [0, 0.1) is 11.6 Å². The SMILES string of the molecule is O=C(O)CC1CCc2ccccc21.O=C(OF)C(F)(F)c1cccc(F)c1F. The monoisotopic (exact) mass is 402 g/mol. The fourth-order valence-corrected chi connectivity index (χ4v) is 2.97. The summed E-state index contributed by atoms with van der Waals surface area (Å²) in [5, 5.41) is 8.70. The Kier molecular flexibility index (Phi) is 6.71. The molecule has 3 rings (SSSR count). The number of carbonyl (C=O) groups is 2. The quantitative estimate of drug-likeness (QED) is 0.755. The molecule has 1 N–H and O–H groups in total. The average Bonchev–Trinajstić information content (AvgIpc) is 3.06. The number of hydrogen-bond donors (Lipinski definition) is 1. The maximum Gasteiger partial charge on any atom is 0.422 e. The van der Waals surface area contributed by atoms with E-state index >= 15 is 0 Å². The zero-order chi connectivity index (χ0) is 20.9. The molecular weight excluding hydrogens is 387 g/mol. The lowest BCUT2D eigenvalue weighted by molar-refractivity contribution is -0.213. The highest BCUT2D eigenvalue weighted by molar-refractivity contribution is 5.78. The first-order valence-electron chi connectivity index (χ1n) is 8.13. The second-order valence-corrected chi connectivity index (χ2v) is 6.07. The smallest absolute Gasteiger partial charge is 0.422 e. The topological polar surface area (TPSA) is 63.6 Å². The lowest BCUT2D eigenvalue weighted by atomic mass is 9.98. The van der Waals surface area contributed by atoms with Crippen LogP contribution in [0.25, 0.3) is 0 Å². The summed E-state index contributed by atoms with van der Waals surface area (Å²) < 4.78 is 62.3. The van der Waals surface area contributed by atoms with Gasteiger partial charge >= 0.3 is 17.9 Å². The highest BCUT2D eigenvalue weighted by Crippen LogP contribution is 2.35. The molecule has 9 heteroatoms. The summed E-state index contributed by atoms with van der Waals surface area (Å²) >= 11 is 0. The summed E-state index contributed by atoms with van der Waals surface area (Å²) in [7, 11) is 0. The molecule has 1 unspecified atom stereocenters. The minimum absolute atomic E-state index is 0.244. The van der Waals surface area contributed by atoms with Gasteiger partial charge in [0.05, 0.1) is 12.0 Å². The summed E-state index contributed by atoms with van der Waals surface area (Å²) in [6.45, 7) is 0. The third-order valence-electron chi connectivity index (χ3n) is 4.29. The van der Waals surface area contributed by atoms with Gasteiger partial charge in [0.15, 0.2) is 11.6 Å². The van der Waals surface area contributed by atoms with Crippen molar-refractivity contribution in [1.82, 2.24) is 0 Å². The predicted octanol–water partition coefficient (Wildman–Crippen LogP) is 4.68. The van der Waals surface area contributed by atoms with E-state index in [1.807, 2.05) is 12.1 Å². The van der Waals surface area contributed by atoms with Crippen molar-refractivity contribution < 1.29 is 41.7 Å². The molecule has 0 heterocycles. The standard InChI is InChI=1S/C11H12O2.C8H3F5O2/c12-11(13)7-9-6-5-8-3-1-2-4-10(8)9;9-5-3-1-2-4(6(5)10)8(11,12)7(14)15-13/h1-4,9H,5-7H2,(H,12,13);1-3H. The Morgan fingerprint density at radius 1 is 1.11 bits per heavy atom. The highest BCUT2D eigenvalue weighted by atomic mass is 19.3. The molecule has 0 radical (unpaired) electrons. The van der Waals surface area contributed by atoms with E-state index in [1.54, 1.807) is 0 Å². The molecular formula is C19H15F5O4. The van der Waals surface area contributed by atoms with Gasteiger partial charge in [-0.1, -0.05) is 30.3 Å². The first kappa shape index (κ1) is 21.3. The molecule has 1 aliphatic carbocycles. The van der Waals surface area contributed by atoms with Crippen LogP contribution in [0.4, 0.5) is 22.1 Å². The van der Waals surface area contributed by atoms with Crippen LogP contribution in [0.1, 0.15) is 35.4 Å². The van der Waals surface area contributed by atoms with Crippen molar-refractivity contribution in [1.29, 1.82) is 0 Å². The van der Waals surface area contributed by atoms with E-state index in [2.05, 4.69) is 17.1 Å². The van der Waals surface area contributed by atoms with Crippen LogP contribution in [-0.2, 0) is 26.9 Å². The van der Waals surface area contributed by atoms with Gasteiger partial charge in [0, 0.05) is 4.53 Å². The van der Waals surface area contributed by atoms with Gasteiger partial charge in [-0.2, -0.15) is 8.78 Å². The molecule has 0 bridgehead atoms. The van der Waals surface area contributed by atoms with Crippen molar-refractivity contribution in [3.05, 3.63) is 70.8 Å². The third kappa shape index (κ3) is 4.65. The number of benzene rings is 2. The number of halogens is 5. The second-order valence-electron chi connectivity index (χ2n) is 6.07. The Labute approximate surface area is 156 Å². The van der Waals surface area contributed by atoms with E-state index in [-0.39, 0.29) is 12.3 Å². The van der Waals surface area contributed by atoms with Gasteiger partial charge in [0.1, 0.15) is 0 Å². The molecule has 0 amide bonds. The first-order chi connectivity index (χ1) is 13.2. The zero-order valence-electron chi connectivity index (χ0n) is 14.3. The normalized spacial score (nSPS) is 15.2. The van der Waals surface area contributed by atoms with Crippen molar-refractivity contribution in [2.24, 2.45) is 0 Å². The number of carbonyl (C=O) groups excluding carboxylic acids is 1. The van der Waals surface area contributed by atoms with Crippen molar-refractivity contribution in [3.63, 3.8) is 0 Å². The Morgan fingerprint density at radius 2 is 1.79 bits per heavy atom. The molecule has 2 aromatic rings. The van der Waals surface area contributed by atoms with E-state index in [4.69, 9.17) is 5.11 Å². The molecule has 150 valence electrons. The van der Waals surface area contributed by atoms with E-state index in [1.165, 1.54) is 11.1 Å². The Hall–Kier alpha value is -2.97. The van der Waals surface area contributed by atoms with Crippen LogP contribution >= 0.6 is 0 Å². The Balaban J connectivity index is 0.000000202. The fourth-order valence-electron chi connectivity index (χ4n) is 2.97. The fraction of sp³-hybridized carbons (Fsp3) is 0.263. The number of aliphatic carboxylic acids is 1. The summed E-state index contributed by atoms with van der Waals surface area (Å²) in [6.07, 6.45) is 2.30. The van der Waals surface area contributed by atoms with Gasteiger partial charge in [-0.3, -0.25) is 4.79 Å². The van der Waals surface area contributed by atoms with E-state index in [0.717, 1.165) is 18.9 Å². The lowest BCUT2D eigenvalue weighted by Crippen LogP contribution is -2.27. The van der Waals surface area contributed by atoms with Gasteiger partial charge in [-0.05, 0) is 42.0 Å². The first-order valence-corrected chi connectivity index (χ1v) is 8.13. The van der Waals surface area contributed by atoms with Crippen LogP contribution in [0.2, 0.25) is 0 Å². The minimum Gasteiger partial charge on any atom is -0.481 e. The van der Waals surface area contributed by atoms with Crippen molar-refractivity contribution in [2.75, 3.05) is 0 Å². The number of fused-ring (bicyclic) bond motifs is 1. The number of aryl methyl sites for hydroxylation is 1. The molecule has 4 nitrogen and oxygen atoms in total. The van der Waals surface area contributed by atoms with Crippen LogP contribution in [0.15, 0.2) is 42.5 Å². The Morgan fingerprint density at radius 3 is 2.43 bits per heavy atom. The van der Waals surface area contributed by atoms with Crippen molar-refractivity contribution >= 4 is 11.9 Å². The van der Waals surface area contributed by atoms with E-state index < -0.39 is 35.1 Å². The lowest BCUT2D eigenvalue weighted by Gasteiger charge is -2.12. The average molecular weight is 402 g/mol. The summed E-state index contributed by atoms with van der Waals surface area (Å²) in [6, 6.07) is 9.94. The van der Waals surface area contributed by atoms with E-state index in [0.29, 0.717) is 12.1 Å². The molecule has 1 aliphatic rings. The number of carboxylic acids is 1. The minimum atomic E-state index is -4.57. The number of alkyl halides is 2. The maximum absolute atomic E-state index is 12.9. The zero-order valence-corrected chi connectivity index (χ0v) is 14.3. The highest BCUT2D eigenvalue weighted by Gasteiger charge is 2.46. The van der Waals surface area contributed by atoms with Crippen LogP contribution < -0.4 is 0 Å². The van der Waals surface area contributed by atoms with Crippen LogP contribution in [0.3, 0.4) is 0 Å². The largest absolute Gasteiger partial charge is 0.481 e. The molecule has 0 aliphatic heterocycles. The third-order valence-corrected chi connectivity index (χ3v) is 4.29. The summed E-state index contributed by atoms with van der Waals surface area (Å²) in [5.74, 6) is -11.1. The molecule has 0 spiro atoms. The Bertz CT molecular complexity index is 869. The van der Waals surface area contributed by atoms with E-state index in [9.17, 15) is 31.7 Å². The molecule has 1 atom stereocenters. The summed E-state index contributed by atoms with van der Waals surface area (Å²) in [5.41, 5.74) is 0.990. The molecule has 0 saturated carbocycles. The van der Waals surface area contributed by atoms with Gasteiger partial charge in [0.2, 0.25) is 0 Å². The molecule has 0 aromatic heterocycles. The number of carboxylic acid groups (broad SMARTS) is 1. The van der Waals surface area contributed by atoms with Crippen LogP contribution in [-0.4, -0.2) is 17.0 Å². The molecule has 0 saturated heterocycles. The predicted molar refractivity (Wildman–Crippen MR) is 87.2 cm³/mol. The molecule has 0 fully saturated rings.